The lowest BCUT2D eigenvalue weighted by Gasteiger charge is -2.21. The maximum absolute atomic E-state index is 13.0. The summed E-state index contributed by atoms with van der Waals surface area (Å²) >= 11 is 0. The van der Waals surface area contributed by atoms with E-state index in [9.17, 15) is 14.4 Å². The first-order valence-corrected chi connectivity index (χ1v) is 10.2. The van der Waals surface area contributed by atoms with Crippen LogP contribution < -0.4 is 4.90 Å². The summed E-state index contributed by atoms with van der Waals surface area (Å²) in [5, 5.41) is 0. The smallest absolute Gasteiger partial charge is 0.341 e. The second-order valence-electron chi connectivity index (χ2n) is 8.08. The minimum Gasteiger partial charge on any atom is -0.465 e. The Bertz CT molecular complexity index is 1010. The highest BCUT2D eigenvalue weighted by molar-refractivity contribution is 6.00. The number of esters is 1. The predicted molar refractivity (Wildman–Crippen MR) is 110 cm³/mol. The molecule has 2 heterocycles. The summed E-state index contributed by atoms with van der Waals surface area (Å²) in [7, 11) is 2.99. The van der Waals surface area contributed by atoms with Crippen molar-refractivity contribution in [1.29, 1.82) is 0 Å². The molecule has 1 fully saturated rings. The lowest BCUT2D eigenvalue weighted by molar-refractivity contribution is -0.135. The van der Waals surface area contributed by atoms with Crippen LogP contribution in [0.3, 0.4) is 0 Å². The maximum atomic E-state index is 13.0. The van der Waals surface area contributed by atoms with E-state index in [1.54, 1.807) is 29.8 Å². The van der Waals surface area contributed by atoms with Crippen molar-refractivity contribution in [3.8, 4) is 0 Å². The SMILES string of the molecule is COC(=O)c1cc(CN(C)C(=O)C2CC(=O)N(c3ccc4c(c3)CCC4)C2)oc1C. The number of rotatable bonds is 5. The molecule has 1 aliphatic heterocycles. The van der Waals surface area contributed by atoms with Crippen LogP contribution in [-0.2, 0) is 33.7 Å². The number of benzene rings is 1. The third-order valence-corrected chi connectivity index (χ3v) is 6.01. The highest BCUT2D eigenvalue weighted by atomic mass is 16.5. The van der Waals surface area contributed by atoms with Crippen molar-refractivity contribution in [2.45, 2.75) is 39.2 Å². The van der Waals surface area contributed by atoms with Crippen LogP contribution in [0.1, 0.15) is 45.8 Å². The van der Waals surface area contributed by atoms with Gasteiger partial charge in [0.05, 0.1) is 19.6 Å². The van der Waals surface area contributed by atoms with E-state index in [0.717, 1.165) is 24.9 Å². The highest BCUT2D eigenvalue weighted by Crippen LogP contribution is 2.31. The van der Waals surface area contributed by atoms with Gasteiger partial charge in [0.15, 0.2) is 0 Å². The van der Waals surface area contributed by atoms with Crippen LogP contribution in [0, 0.1) is 12.8 Å². The zero-order chi connectivity index (χ0) is 21.4. The standard InChI is InChI=1S/C23H26N2O5/c1-14-20(23(28)29-3)11-19(30-14)13-24(2)22(27)17-10-21(26)25(12-17)18-8-7-15-5-4-6-16(15)9-18/h7-9,11,17H,4-6,10,12-13H2,1-3H3. The van der Waals surface area contributed by atoms with E-state index in [4.69, 9.17) is 9.15 Å². The summed E-state index contributed by atoms with van der Waals surface area (Å²) in [5.74, 6) is -0.0444. The third-order valence-electron chi connectivity index (χ3n) is 6.01. The molecule has 0 N–H and O–H groups in total. The number of carbonyl (C=O) groups is 3. The summed E-state index contributed by atoms with van der Waals surface area (Å²) in [6.45, 7) is 2.29. The summed E-state index contributed by atoms with van der Waals surface area (Å²) < 4.78 is 10.3. The molecule has 158 valence electrons. The van der Waals surface area contributed by atoms with Crippen LogP contribution in [0.4, 0.5) is 5.69 Å². The Morgan fingerprint density at radius 1 is 1.23 bits per heavy atom. The first-order valence-electron chi connectivity index (χ1n) is 10.2. The van der Waals surface area contributed by atoms with E-state index in [1.165, 1.54) is 18.2 Å². The van der Waals surface area contributed by atoms with Crippen LogP contribution >= 0.6 is 0 Å². The first kappa shape index (κ1) is 20.2. The molecule has 1 saturated heterocycles. The van der Waals surface area contributed by atoms with Gasteiger partial charge in [-0.1, -0.05) is 6.07 Å². The Hall–Kier alpha value is -3.09. The lowest BCUT2D eigenvalue weighted by Crippen LogP contribution is -2.34. The number of methoxy groups -OCH3 is 1. The molecule has 0 radical (unpaired) electrons. The van der Waals surface area contributed by atoms with Gasteiger partial charge in [-0.15, -0.1) is 0 Å². The van der Waals surface area contributed by atoms with Crippen molar-refractivity contribution < 1.29 is 23.5 Å². The van der Waals surface area contributed by atoms with E-state index >= 15 is 0 Å². The minimum absolute atomic E-state index is 0.0264. The maximum Gasteiger partial charge on any atom is 0.341 e. The molecule has 1 unspecified atom stereocenters. The van der Waals surface area contributed by atoms with Gasteiger partial charge in [0, 0.05) is 25.7 Å². The van der Waals surface area contributed by atoms with Gasteiger partial charge in [0.2, 0.25) is 11.8 Å². The van der Waals surface area contributed by atoms with Gasteiger partial charge in [-0.3, -0.25) is 9.59 Å². The Labute approximate surface area is 175 Å². The van der Waals surface area contributed by atoms with Crippen molar-refractivity contribution in [2.75, 3.05) is 25.6 Å². The molecule has 0 saturated carbocycles. The van der Waals surface area contributed by atoms with Crippen molar-refractivity contribution in [3.63, 3.8) is 0 Å². The van der Waals surface area contributed by atoms with E-state index in [-0.39, 0.29) is 24.8 Å². The Morgan fingerprint density at radius 3 is 2.77 bits per heavy atom. The second kappa shape index (κ2) is 7.97. The average Bonchev–Trinajstić information content (AvgIpc) is 3.44. The topological polar surface area (TPSA) is 80.1 Å². The van der Waals surface area contributed by atoms with Crippen LogP contribution in [0.5, 0.6) is 0 Å². The summed E-state index contributed by atoms with van der Waals surface area (Å²) in [6.07, 6.45) is 3.50. The molecule has 7 nitrogen and oxygen atoms in total. The molecule has 1 aromatic carbocycles. The number of carbonyl (C=O) groups excluding carboxylic acids is 3. The Kier molecular flexibility index (Phi) is 5.37. The fraction of sp³-hybridized carbons (Fsp3) is 0.435. The monoisotopic (exact) mass is 410 g/mol. The van der Waals surface area contributed by atoms with Gasteiger partial charge < -0.3 is 19.0 Å². The molecule has 0 spiro atoms. The molecule has 1 atom stereocenters. The van der Waals surface area contributed by atoms with E-state index in [1.807, 2.05) is 6.07 Å². The predicted octanol–water partition coefficient (Wildman–Crippen LogP) is 2.87. The molecule has 4 rings (SSSR count). The summed E-state index contributed by atoms with van der Waals surface area (Å²) in [6, 6.07) is 7.78. The van der Waals surface area contributed by atoms with Crippen molar-refractivity contribution in [2.24, 2.45) is 5.92 Å². The van der Waals surface area contributed by atoms with E-state index in [0.29, 0.717) is 23.6 Å². The number of hydrogen-bond acceptors (Lipinski definition) is 5. The third kappa shape index (κ3) is 3.72. The van der Waals surface area contributed by atoms with Crippen molar-refractivity contribution in [3.05, 3.63) is 52.5 Å². The van der Waals surface area contributed by atoms with Crippen molar-refractivity contribution in [1.82, 2.24) is 4.90 Å². The van der Waals surface area contributed by atoms with Gasteiger partial charge in [0.1, 0.15) is 17.1 Å². The number of furan rings is 1. The van der Waals surface area contributed by atoms with Crippen molar-refractivity contribution >= 4 is 23.5 Å². The number of anilines is 1. The highest BCUT2D eigenvalue weighted by Gasteiger charge is 2.37. The molecule has 30 heavy (non-hydrogen) atoms. The van der Waals surface area contributed by atoms with E-state index in [2.05, 4.69) is 12.1 Å². The second-order valence-corrected chi connectivity index (χ2v) is 8.08. The molecule has 2 aliphatic rings. The largest absolute Gasteiger partial charge is 0.465 e. The Morgan fingerprint density at radius 2 is 2.00 bits per heavy atom. The molecule has 7 heteroatoms. The summed E-state index contributed by atoms with van der Waals surface area (Å²) in [4.78, 5) is 40.6. The van der Waals surface area contributed by atoms with Crippen LogP contribution in [-0.4, -0.2) is 43.4 Å². The van der Waals surface area contributed by atoms with Gasteiger partial charge >= 0.3 is 5.97 Å². The fourth-order valence-corrected chi connectivity index (χ4v) is 4.41. The zero-order valence-corrected chi connectivity index (χ0v) is 17.6. The normalized spacial score (nSPS) is 17.9. The van der Waals surface area contributed by atoms with Crippen LogP contribution in [0.15, 0.2) is 28.7 Å². The minimum atomic E-state index is -0.470. The summed E-state index contributed by atoms with van der Waals surface area (Å²) in [5.41, 5.74) is 3.90. The van der Waals surface area contributed by atoms with Gasteiger partial charge in [-0.05, 0) is 55.5 Å². The number of hydrogen-bond donors (Lipinski definition) is 0. The molecular formula is C23H26N2O5. The lowest BCUT2D eigenvalue weighted by atomic mass is 10.1. The van der Waals surface area contributed by atoms with Gasteiger partial charge in [-0.2, -0.15) is 0 Å². The molecule has 2 amide bonds. The van der Waals surface area contributed by atoms with Gasteiger partial charge in [-0.25, -0.2) is 4.79 Å². The number of nitrogens with zero attached hydrogens (tertiary/aromatic N) is 2. The zero-order valence-electron chi connectivity index (χ0n) is 17.6. The Balaban J connectivity index is 1.42. The van der Waals surface area contributed by atoms with E-state index < -0.39 is 11.9 Å². The fourth-order valence-electron chi connectivity index (χ4n) is 4.41. The molecule has 2 aromatic rings. The molecule has 1 aromatic heterocycles. The van der Waals surface area contributed by atoms with Gasteiger partial charge in [0.25, 0.3) is 0 Å². The molecule has 1 aliphatic carbocycles. The molecule has 0 bridgehead atoms. The number of fused-ring (bicyclic) bond motifs is 1. The molecular weight excluding hydrogens is 384 g/mol. The van der Waals surface area contributed by atoms with Crippen LogP contribution in [0.2, 0.25) is 0 Å². The quantitative estimate of drug-likeness (QED) is 0.708. The number of amides is 2. The first-order chi connectivity index (χ1) is 14.4. The van der Waals surface area contributed by atoms with Crippen LogP contribution in [0.25, 0.3) is 0 Å². The number of aryl methyl sites for hydroxylation is 3. The average molecular weight is 410 g/mol. The number of ether oxygens (including phenoxy) is 1.